The van der Waals surface area contributed by atoms with Crippen LogP contribution in [0.5, 0.6) is 0 Å². The summed E-state index contributed by atoms with van der Waals surface area (Å²) >= 11 is 2.98. The number of thioether (sulfide) groups is 1. The predicted molar refractivity (Wildman–Crippen MR) is 229 cm³/mol. The summed E-state index contributed by atoms with van der Waals surface area (Å²) in [6, 6.07) is 11.6. The zero-order chi connectivity index (χ0) is 44.0. The number of carbonyl (C=O) groups excluding carboxylic acids is 3. The molecule has 3 unspecified atom stereocenters. The van der Waals surface area contributed by atoms with Crippen LogP contribution < -0.4 is 9.47 Å². The lowest BCUT2D eigenvalue weighted by atomic mass is 10.1. The highest BCUT2D eigenvalue weighted by Gasteiger charge is 2.33. The molecule has 1 saturated heterocycles. The number of aromatic nitrogens is 1. The second kappa shape index (κ2) is 20.0. The van der Waals surface area contributed by atoms with Crippen LogP contribution in [-0.2, 0) is 69.0 Å². The molecule has 2 aliphatic heterocycles. The van der Waals surface area contributed by atoms with E-state index in [0.717, 1.165) is 42.0 Å². The maximum absolute atomic E-state index is 12.3. The summed E-state index contributed by atoms with van der Waals surface area (Å²) in [5.74, 6) is -1.73. The SMILES string of the molecule is CC(CCc1ccc2c(c1)S/C(=C\C=C\c1sc3cc(CCC(C)S(=O)(=O)O)ccc3[n+]1CCCCCC(=O)ON1C(=O)CCC1=O)N2CCC(C)S(=O)(=O)O)S(=O)(=O)O. The van der Waals surface area contributed by atoms with Crippen LogP contribution in [0.25, 0.3) is 16.3 Å². The summed E-state index contributed by atoms with van der Waals surface area (Å²) in [6.07, 6.45) is 9.03. The molecule has 5 rings (SSSR count). The summed E-state index contributed by atoms with van der Waals surface area (Å²) < 4.78 is 102. The van der Waals surface area contributed by atoms with Crippen molar-refractivity contribution in [2.45, 2.75) is 119 Å². The van der Waals surface area contributed by atoms with Crippen molar-refractivity contribution >= 4 is 93.2 Å². The van der Waals surface area contributed by atoms with E-state index in [-0.39, 0.29) is 45.1 Å². The van der Waals surface area contributed by atoms with Crippen LogP contribution in [0.15, 0.2) is 58.5 Å². The fourth-order valence-corrected chi connectivity index (χ4v) is 10.1. The number of amides is 2. The molecule has 21 heteroatoms. The van der Waals surface area contributed by atoms with Gasteiger partial charge in [-0.25, -0.2) is 4.79 Å². The largest absolute Gasteiger partial charge is 0.335 e. The maximum atomic E-state index is 12.3. The van der Waals surface area contributed by atoms with Gasteiger partial charge in [-0.3, -0.25) is 23.2 Å². The van der Waals surface area contributed by atoms with Crippen molar-refractivity contribution in [2.75, 3.05) is 11.4 Å². The first-order valence-electron chi connectivity index (χ1n) is 19.5. The van der Waals surface area contributed by atoms with E-state index in [9.17, 15) is 53.3 Å². The number of fused-ring (bicyclic) bond motifs is 2. The Morgan fingerprint density at radius 2 is 1.40 bits per heavy atom. The van der Waals surface area contributed by atoms with Crippen molar-refractivity contribution in [1.82, 2.24) is 5.06 Å². The molecule has 0 spiro atoms. The first-order chi connectivity index (χ1) is 28.1. The van der Waals surface area contributed by atoms with E-state index in [1.807, 2.05) is 59.5 Å². The van der Waals surface area contributed by atoms with Gasteiger partial charge in [0.15, 0.2) is 6.54 Å². The third-order valence-corrected chi connectivity index (χ3v) is 16.5. The lowest BCUT2D eigenvalue weighted by Gasteiger charge is -2.21. The fraction of sp³-hybridized carbons (Fsp3) is 0.487. The van der Waals surface area contributed by atoms with Crippen LogP contribution in [0.2, 0.25) is 0 Å². The molecule has 2 aromatic carbocycles. The topological polar surface area (TPSA) is 234 Å². The number of nitrogens with zero attached hydrogens (tertiary/aromatic N) is 3. The first-order valence-corrected chi connectivity index (χ1v) is 25.6. The van der Waals surface area contributed by atoms with Crippen molar-refractivity contribution in [3.05, 3.63) is 69.7 Å². The highest BCUT2D eigenvalue weighted by atomic mass is 32.2. The van der Waals surface area contributed by atoms with Gasteiger partial charge in [-0.15, -0.1) is 5.06 Å². The number of thiazole rings is 1. The molecule has 16 nitrogen and oxygen atoms in total. The molecule has 2 aliphatic rings. The van der Waals surface area contributed by atoms with Gasteiger partial charge in [0.2, 0.25) is 5.52 Å². The normalized spacial score (nSPS) is 17.3. The number of imide groups is 1. The molecule has 0 saturated carbocycles. The average Bonchev–Trinajstić information content (AvgIpc) is 3.81. The standard InChI is InChI=1S/C39H49N3O13S5/c1-26(58(46,47)48)11-13-29-15-17-31-33(24-29)56-37(40(31)22-6-4-5-10-39(45)55-42-35(43)19-20-36(42)44)8-7-9-38-41(23-21-28(3)60(52,53)54)32-18-16-30(25-34(32)57-38)14-12-27(2)59(49,50)51/h7-9,15-18,24-28H,4-6,10-14,19-23H2,1-3H3,(H2-,46,47,48,49,50,51,52,53,54)/p+1. The fourth-order valence-electron chi connectivity index (χ4n) is 6.55. The first kappa shape index (κ1) is 47.4. The number of unbranched alkanes of at least 4 members (excludes halogenated alkanes) is 2. The number of benzene rings is 2. The molecular formula is C39H50N3O13S5+. The Balaban J connectivity index is 1.36. The van der Waals surface area contributed by atoms with E-state index in [0.29, 0.717) is 43.7 Å². The van der Waals surface area contributed by atoms with E-state index >= 15 is 0 Å². The Morgan fingerprint density at radius 3 is 2.02 bits per heavy atom. The number of aryl methyl sites for hydroxylation is 3. The summed E-state index contributed by atoms with van der Waals surface area (Å²) in [4.78, 5) is 43.8. The minimum absolute atomic E-state index is 0.0163. The zero-order valence-corrected chi connectivity index (χ0v) is 37.5. The van der Waals surface area contributed by atoms with Gasteiger partial charge in [0, 0.05) is 49.3 Å². The van der Waals surface area contributed by atoms with Crippen LogP contribution in [0.4, 0.5) is 5.69 Å². The Bertz CT molecular complexity index is 2480. The predicted octanol–water partition coefficient (Wildman–Crippen LogP) is 5.91. The van der Waals surface area contributed by atoms with E-state index in [4.69, 9.17) is 4.84 Å². The van der Waals surface area contributed by atoms with Crippen LogP contribution in [0.1, 0.15) is 94.7 Å². The summed E-state index contributed by atoms with van der Waals surface area (Å²) in [7, 11) is -12.6. The van der Waals surface area contributed by atoms with Gasteiger partial charge in [-0.2, -0.15) is 29.8 Å². The Hall–Kier alpha value is -3.70. The minimum atomic E-state index is -4.26. The number of anilines is 1. The molecule has 0 bridgehead atoms. The number of carbonyl (C=O) groups is 3. The third kappa shape index (κ3) is 12.7. The second-order valence-electron chi connectivity index (χ2n) is 15.0. The minimum Gasteiger partial charge on any atom is -0.335 e. The van der Waals surface area contributed by atoms with E-state index in [1.54, 1.807) is 0 Å². The molecule has 3 aromatic rings. The number of rotatable bonds is 21. The van der Waals surface area contributed by atoms with E-state index in [2.05, 4.69) is 4.57 Å². The number of hydrogen-bond donors (Lipinski definition) is 3. The molecule has 1 fully saturated rings. The Morgan fingerprint density at radius 1 is 0.817 bits per heavy atom. The molecule has 3 heterocycles. The van der Waals surface area contributed by atoms with Gasteiger partial charge in [-0.1, -0.05) is 41.3 Å². The summed E-state index contributed by atoms with van der Waals surface area (Å²) in [5, 5.41) is -0.640. The maximum Gasteiger partial charge on any atom is 0.333 e. The number of allylic oxidation sites excluding steroid dienone is 2. The van der Waals surface area contributed by atoms with Crippen LogP contribution in [-0.4, -0.2) is 84.1 Å². The molecule has 60 heavy (non-hydrogen) atoms. The van der Waals surface area contributed by atoms with Gasteiger partial charge in [0.25, 0.3) is 47.2 Å². The van der Waals surface area contributed by atoms with Crippen LogP contribution >= 0.6 is 23.1 Å². The van der Waals surface area contributed by atoms with Gasteiger partial charge in [0.1, 0.15) is 4.70 Å². The summed E-state index contributed by atoms with van der Waals surface area (Å²) in [6.45, 7) is 5.19. The summed E-state index contributed by atoms with van der Waals surface area (Å²) in [5.41, 5.74) is 3.53. The van der Waals surface area contributed by atoms with Gasteiger partial charge in [0.05, 0.1) is 26.5 Å². The highest BCUT2D eigenvalue weighted by molar-refractivity contribution is 8.03. The highest BCUT2D eigenvalue weighted by Crippen LogP contribution is 2.47. The van der Waals surface area contributed by atoms with Crippen molar-refractivity contribution in [1.29, 1.82) is 0 Å². The van der Waals surface area contributed by atoms with Crippen molar-refractivity contribution in [3.8, 4) is 0 Å². The van der Waals surface area contributed by atoms with Gasteiger partial charge in [-0.05, 0) is 101 Å². The van der Waals surface area contributed by atoms with Gasteiger partial charge < -0.3 is 9.74 Å². The molecule has 0 radical (unpaired) electrons. The second-order valence-corrected chi connectivity index (χ2v) is 22.6. The van der Waals surface area contributed by atoms with E-state index < -0.39 is 63.9 Å². The van der Waals surface area contributed by atoms with Crippen LogP contribution in [0, 0.1) is 0 Å². The monoisotopic (exact) mass is 928 g/mol. The molecule has 2 amide bonds. The average molecular weight is 929 g/mol. The quantitative estimate of drug-likeness (QED) is 0.0488. The number of hydrogen-bond acceptors (Lipinski definition) is 13. The molecule has 0 aliphatic carbocycles. The molecule has 328 valence electrons. The smallest absolute Gasteiger partial charge is 0.333 e. The van der Waals surface area contributed by atoms with Crippen molar-refractivity contribution in [2.24, 2.45) is 0 Å². The molecule has 3 atom stereocenters. The van der Waals surface area contributed by atoms with Crippen molar-refractivity contribution < 1.29 is 62.7 Å². The number of hydroxylamine groups is 2. The molecule has 3 N–H and O–H groups in total. The molecule has 1 aromatic heterocycles. The Kier molecular flexibility index (Phi) is 15.8. The van der Waals surface area contributed by atoms with Crippen LogP contribution in [0.3, 0.4) is 0 Å². The Labute approximate surface area is 358 Å². The van der Waals surface area contributed by atoms with Crippen molar-refractivity contribution in [3.63, 3.8) is 0 Å². The third-order valence-electron chi connectivity index (χ3n) is 10.5. The zero-order valence-electron chi connectivity index (χ0n) is 33.4. The lowest BCUT2D eigenvalue weighted by molar-refractivity contribution is -0.669. The van der Waals surface area contributed by atoms with E-state index in [1.165, 1.54) is 43.9 Å². The lowest BCUT2D eigenvalue weighted by Crippen LogP contribution is -2.35. The van der Waals surface area contributed by atoms with Gasteiger partial charge >= 0.3 is 5.97 Å². The molecular weight excluding hydrogens is 879 g/mol.